The van der Waals surface area contributed by atoms with E-state index in [9.17, 15) is 9.59 Å². The number of ether oxygens (including phenoxy) is 5. The fourth-order valence-corrected chi connectivity index (χ4v) is 5.44. The molecule has 3 aromatic rings. The highest BCUT2D eigenvalue weighted by Crippen LogP contribution is 2.40. The van der Waals surface area contributed by atoms with Crippen LogP contribution in [0.2, 0.25) is 0 Å². The molecule has 0 unspecified atom stereocenters. The number of fused-ring (bicyclic) bond motifs is 1. The highest BCUT2D eigenvalue weighted by molar-refractivity contribution is 7.07. The molecule has 0 spiro atoms. The van der Waals surface area contributed by atoms with Crippen molar-refractivity contribution in [2.45, 2.75) is 19.9 Å². The second kappa shape index (κ2) is 13.3. The molecule has 0 saturated heterocycles. The van der Waals surface area contributed by atoms with E-state index < -0.39 is 12.0 Å². The molecular formula is C30H32N2O7S. The van der Waals surface area contributed by atoms with Gasteiger partial charge in [-0.05, 0) is 32.1 Å². The first kappa shape index (κ1) is 28.8. The summed E-state index contributed by atoms with van der Waals surface area (Å²) in [7, 11) is 3.07. The number of benzene rings is 2. The number of hydrogen-bond donors (Lipinski definition) is 0. The van der Waals surface area contributed by atoms with Gasteiger partial charge in [-0.3, -0.25) is 9.36 Å². The van der Waals surface area contributed by atoms with Gasteiger partial charge in [-0.15, -0.1) is 0 Å². The number of esters is 1. The molecule has 1 aliphatic heterocycles. The maximum absolute atomic E-state index is 14.0. The molecule has 10 heteroatoms. The van der Waals surface area contributed by atoms with E-state index in [1.165, 1.54) is 23.0 Å². The third-order valence-electron chi connectivity index (χ3n) is 6.14. The van der Waals surface area contributed by atoms with E-state index in [4.69, 9.17) is 23.7 Å². The molecule has 0 bridgehead atoms. The quantitative estimate of drug-likeness (QED) is 0.189. The molecule has 0 aliphatic carbocycles. The predicted octanol–water partition coefficient (Wildman–Crippen LogP) is 3.40. The van der Waals surface area contributed by atoms with Crippen LogP contribution in [0.15, 0.2) is 76.2 Å². The minimum atomic E-state index is -0.864. The molecule has 0 fully saturated rings. The zero-order valence-corrected chi connectivity index (χ0v) is 23.8. The topological polar surface area (TPSA) is 97.6 Å². The minimum absolute atomic E-state index is 0.0567. The Hall–Kier alpha value is -4.15. The molecule has 0 saturated carbocycles. The van der Waals surface area contributed by atoms with Gasteiger partial charge < -0.3 is 23.7 Å². The number of aromatic nitrogens is 1. The van der Waals surface area contributed by atoms with Crippen LogP contribution in [0.25, 0.3) is 6.08 Å². The van der Waals surface area contributed by atoms with Gasteiger partial charge in [0.2, 0.25) is 0 Å². The molecule has 1 aliphatic rings. The number of hydrogen-bond acceptors (Lipinski definition) is 9. The Morgan fingerprint density at radius 2 is 1.88 bits per heavy atom. The minimum Gasteiger partial charge on any atom is -0.493 e. The van der Waals surface area contributed by atoms with Gasteiger partial charge in [0, 0.05) is 18.2 Å². The van der Waals surface area contributed by atoms with Gasteiger partial charge in [-0.25, -0.2) is 9.79 Å². The van der Waals surface area contributed by atoms with Crippen LogP contribution in [0.3, 0.4) is 0 Å². The lowest BCUT2D eigenvalue weighted by Gasteiger charge is -2.27. The number of allylic oxidation sites excluding steroid dienone is 1. The van der Waals surface area contributed by atoms with Gasteiger partial charge in [0.1, 0.15) is 25.0 Å². The van der Waals surface area contributed by atoms with E-state index in [-0.39, 0.29) is 24.3 Å². The first-order chi connectivity index (χ1) is 19.4. The zero-order chi connectivity index (χ0) is 28.6. The molecule has 0 radical (unpaired) electrons. The molecule has 40 heavy (non-hydrogen) atoms. The summed E-state index contributed by atoms with van der Waals surface area (Å²) in [5.41, 5.74) is 1.68. The normalized spacial score (nSPS) is 14.8. The summed E-state index contributed by atoms with van der Waals surface area (Å²) in [6.07, 6.45) is 3.43. The highest BCUT2D eigenvalue weighted by Gasteiger charge is 2.36. The molecular weight excluding hydrogens is 532 g/mol. The van der Waals surface area contributed by atoms with Crippen LogP contribution in [0.5, 0.6) is 17.2 Å². The first-order valence-electron chi connectivity index (χ1n) is 12.8. The van der Waals surface area contributed by atoms with Crippen LogP contribution in [0.1, 0.15) is 31.0 Å². The third-order valence-corrected chi connectivity index (χ3v) is 7.12. The standard InChI is InChI=1S/C30H32N2O7S/c1-6-15-38-22-13-9-8-11-20(22)18-24-28(33)32-26(21-12-10-14-23(36-5)27(21)37-7-2)25(19(3)31-30(32)40-24)29(34)39-17-16-35-4/h6,8-14,18,26H,1,7,15-17H2,2-5H3/b24-18+/t26-/m1/s1. The average molecular weight is 565 g/mol. The fraction of sp³-hybridized carbons (Fsp3) is 0.300. The molecule has 0 amide bonds. The van der Waals surface area contributed by atoms with Crippen molar-refractivity contribution in [2.24, 2.45) is 4.99 Å². The van der Waals surface area contributed by atoms with E-state index in [1.54, 1.807) is 38.3 Å². The maximum Gasteiger partial charge on any atom is 0.338 e. The van der Waals surface area contributed by atoms with Crippen molar-refractivity contribution in [1.82, 2.24) is 4.57 Å². The number of methoxy groups -OCH3 is 2. The Morgan fingerprint density at radius 3 is 2.60 bits per heavy atom. The van der Waals surface area contributed by atoms with E-state index >= 15 is 0 Å². The molecule has 210 valence electrons. The van der Waals surface area contributed by atoms with Crippen molar-refractivity contribution in [1.29, 1.82) is 0 Å². The predicted molar refractivity (Wildman–Crippen MR) is 153 cm³/mol. The summed E-state index contributed by atoms with van der Waals surface area (Å²) in [4.78, 5) is 32.6. The Labute approximate surface area is 236 Å². The lowest BCUT2D eigenvalue weighted by Crippen LogP contribution is -2.40. The van der Waals surface area contributed by atoms with E-state index in [2.05, 4.69) is 11.6 Å². The number of rotatable bonds is 12. The van der Waals surface area contributed by atoms with E-state index in [0.717, 1.165) is 5.56 Å². The number of carbonyl (C=O) groups excluding carboxylic acids is 1. The first-order valence-corrected chi connectivity index (χ1v) is 13.6. The third kappa shape index (κ3) is 5.88. The number of para-hydroxylation sites is 2. The van der Waals surface area contributed by atoms with Crippen molar-refractivity contribution < 1.29 is 28.5 Å². The Bertz CT molecular complexity index is 1600. The Balaban J connectivity index is 1.96. The lowest BCUT2D eigenvalue weighted by molar-refractivity contribution is -0.140. The molecule has 4 rings (SSSR count). The van der Waals surface area contributed by atoms with Crippen LogP contribution in [-0.2, 0) is 14.3 Å². The molecule has 2 heterocycles. The molecule has 1 atom stereocenters. The fourth-order valence-electron chi connectivity index (χ4n) is 4.40. The Morgan fingerprint density at radius 1 is 1.10 bits per heavy atom. The maximum atomic E-state index is 14.0. The summed E-state index contributed by atoms with van der Waals surface area (Å²) >= 11 is 1.23. The van der Waals surface area contributed by atoms with Crippen LogP contribution in [0.4, 0.5) is 0 Å². The van der Waals surface area contributed by atoms with Crippen molar-refractivity contribution in [3.63, 3.8) is 0 Å². The zero-order valence-electron chi connectivity index (χ0n) is 23.0. The largest absolute Gasteiger partial charge is 0.493 e. The number of nitrogens with zero attached hydrogens (tertiary/aromatic N) is 2. The smallest absolute Gasteiger partial charge is 0.338 e. The Kier molecular flexibility index (Phi) is 9.57. The van der Waals surface area contributed by atoms with Crippen molar-refractivity contribution in [3.05, 3.63) is 97.2 Å². The van der Waals surface area contributed by atoms with Crippen LogP contribution < -0.4 is 29.1 Å². The van der Waals surface area contributed by atoms with Gasteiger partial charge in [-0.2, -0.15) is 0 Å². The van der Waals surface area contributed by atoms with E-state index in [1.807, 2.05) is 37.3 Å². The van der Waals surface area contributed by atoms with Gasteiger partial charge in [0.25, 0.3) is 5.56 Å². The van der Waals surface area contributed by atoms with Crippen LogP contribution in [0, 0.1) is 0 Å². The molecule has 1 aromatic heterocycles. The second-order valence-electron chi connectivity index (χ2n) is 8.66. The van der Waals surface area contributed by atoms with Gasteiger partial charge in [-0.1, -0.05) is 54.3 Å². The summed E-state index contributed by atoms with van der Waals surface area (Å²) in [5, 5.41) is 0. The van der Waals surface area contributed by atoms with Crippen LogP contribution in [-0.4, -0.2) is 51.2 Å². The van der Waals surface area contributed by atoms with E-state index in [0.29, 0.717) is 51.1 Å². The average Bonchev–Trinajstić information content (AvgIpc) is 3.26. The number of thiazole rings is 1. The van der Waals surface area contributed by atoms with Crippen molar-refractivity contribution >= 4 is 23.4 Å². The highest BCUT2D eigenvalue weighted by atomic mass is 32.1. The number of carbonyl (C=O) groups is 1. The second-order valence-corrected chi connectivity index (χ2v) is 9.67. The van der Waals surface area contributed by atoms with Gasteiger partial charge >= 0.3 is 5.97 Å². The van der Waals surface area contributed by atoms with Crippen molar-refractivity contribution in [3.8, 4) is 17.2 Å². The molecule has 2 aromatic carbocycles. The summed E-state index contributed by atoms with van der Waals surface area (Å²) in [6.45, 7) is 8.26. The molecule has 9 nitrogen and oxygen atoms in total. The van der Waals surface area contributed by atoms with Crippen molar-refractivity contribution in [2.75, 3.05) is 40.6 Å². The summed E-state index contributed by atoms with van der Waals surface area (Å²) in [5.74, 6) is 0.949. The molecule has 0 N–H and O–H groups in total. The van der Waals surface area contributed by atoms with Gasteiger partial charge in [0.15, 0.2) is 16.3 Å². The lowest BCUT2D eigenvalue weighted by atomic mass is 9.94. The SMILES string of the molecule is C=CCOc1ccccc1/C=c1/sc2n(c1=O)[C@H](c1cccc(OC)c1OCC)C(C(=O)OCCOC)=C(C)N=2. The van der Waals surface area contributed by atoms with Gasteiger partial charge in [0.05, 0.1) is 36.1 Å². The summed E-state index contributed by atoms with van der Waals surface area (Å²) < 4.78 is 29.8. The summed E-state index contributed by atoms with van der Waals surface area (Å²) in [6, 6.07) is 11.9. The monoisotopic (exact) mass is 564 g/mol. The van der Waals surface area contributed by atoms with Crippen LogP contribution >= 0.6 is 11.3 Å².